The van der Waals surface area contributed by atoms with Crippen molar-refractivity contribution in [1.29, 1.82) is 0 Å². The maximum Gasteiger partial charge on any atom is 0.273 e. The van der Waals surface area contributed by atoms with Crippen LogP contribution in [0.2, 0.25) is 0 Å². The van der Waals surface area contributed by atoms with Crippen molar-refractivity contribution in [2.24, 2.45) is 0 Å². The fraction of sp³-hybridized carbons (Fsp3) is 0.412. The number of furan rings is 1. The zero-order valence-electron chi connectivity index (χ0n) is 14.9. The molecule has 0 spiro atoms. The van der Waals surface area contributed by atoms with Crippen LogP contribution in [-0.4, -0.2) is 37.6 Å². The van der Waals surface area contributed by atoms with Crippen molar-refractivity contribution in [3.05, 3.63) is 40.7 Å². The summed E-state index contributed by atoms with van der Waals surface area (Å²) in [5, 5.41) is 0. The average Bonchev–Trinajstić information content (AvgIpc) is 3.30. The molecule has 1 aliphatic heterocycles. The number of carbonyl (C=O) groups is 2. The predicted octanol–water partition coefficient (Wildman–Crippen LogP) is 1.83. The number of nitrogens with zero attached hydrogens (tertiary/aromatic N) is 1. The maximum atomic E-state index is 12.6. The number of nitrogens with one attached hydrogen (secondary N) is 2. The number of amides is 2. The molecule has 2 aromatic heterocycles. The highest BCUT2D eigenvalue weighted by atomic mass is 32.2. The Hall–Kier alpha value is -2.17. The van der Waals surface area contributed by atoms with Crippen molar-refractivity contribution in [2.75, 3.05) is 13.1 Å². The third kappa shape index (κ3) is 4.57. The van der Waals surface area contributed by atoms with E-state index < -0.39 is 21.8 Å². The molecule has 8 nitrogen and oxygen atoms in total. The second-order valence-corrected chi connectivity index (χ2v) is 9.59. The van der Waals surface area contributed by atoms with Crippen LogP contribution < -0.4 is 10.9 Å². The molecule has 0 radical (unpaired) electrons. The number of rotatable bonds is 5. The summed E-state index contributed by atoms with van der Waals surface area (Å²) in [6.45, 7) is 2.72. The number of hydrogen-bond donors (Lipinski definition) is 2. The molecule has 0 bridgehead atoms. The number of piperidine rings is 1. The minimum Gasteiger partial charge on any atom is -0.469 e. The van der Waals surface area contributed by atoms with E-state index in [2.05, 4.69) is 10.9 Å². The standard InChI is InChI=1S/C17H21N3O5S2/c1-12-14(7-10-25-12)17(22)19-18-15(21)11-13-5-6-16(26-13)27(23,24)20-8-3-2-4-9-20/h5-7,10H,2-4,8-9,11H2,1H3,(H,18,21)(H,19,22). The van der Waals surface area contributed by atoms with E-state index in [1.165, 1.54) is 22.7 Å². The van der Waals surface area contributed by atoms with Crippen LogP contribution in [0.1, 0.15) is 40.3 Å². The molecular weight excluding hydrogens is 390 g/mol. The van der Waals surface area contributed by atoms with E-state index in [-0.39, 0.29) is 10.6 Å². The van der Waals surface area contributed by atoms with E-state index in [4.69, 9.17) is 4.42 Å². The van der Waals surface area contributed by atoms with Crippen molar-refractivity contribution < 1.29 is 22.4 Å². The fourth-order valence-electron chi connectivity index (χ4n) is 2.84. The number of aryl methyl sites for hydroxylation is 1. The highest BCUT2D eigenvalue weighted by molar-refractivity contribution is 7.91. The van der Waals surface area contributed by atoms with E-state index in [0.717, 1.165) is 30.6 Å². The quantitative estimate of drug-likeness (QED) is 0.730. The molecule has 0 aliphatic carbocycles. The van der Waals surface area contributed by atoms with Crippen LogP contribution in [-0.2, 0) is 21.2 Å². The summed E-state index contributed by atoms with van der Waals surface area (Å²) in [7, 11) is -3.50. The zero-order valence-corrected chi connectivity index (χ0v) is 16.5. The molecule has 0 saturated carbocycles. The highest BCUT2D eigenvalue weighted by Gasteiger charge is 2.27. The Labute approximate surface area is 161 Å². The first-order valence-electron chi connectivity index (χ1n) is 8.60. The van der Waals surface area contributed by atoms with Gasteiger partial charge < -0.3 is 4.42 Å². The molecule has 1 aliphatic rings. The summed E-state index contributed by atoms with van der Waals surface area (Å²) in [6, 6.07) is 4.67. The lowest BCUT2D eigenvalue weighted by molar-refractivity contribution is -0.121. The first kappa shape index (κ1) is 19.6. The summed E-state index contributed by atoms with van der Waals surface area (Å²) in [6.07, 6.45) is 4.16. The van der Waals surface area contributed by atoms with Gasteiger partial charge in [-0.25, -0.2) is 8.42 Å². The van der Waals surface area contributed by atoms with Gasteiger partial charge in [-0.15, -0.1) is 11.3 Å². The van der Waals surface area contributed by atoms with Gasteiger partial charge in [-0.2, -0.15) is 4.31 Å². The molecule has 0 aromatic carbocycles. The molecule has 2 aromatic rings. The molecule has 3 heterocycles. The van der Waals surface area contributed by atoms with Crippen LogP contribution in [0.25, 0.3) is 0 Å². The smallest absolute Gasteiger partial charge is 0.273 e. The van der Waals surface area contributed by atoms with Gasteiger partial charge in [-0.05, 0) is 38.0 Å². The minimum atomic E-state index is -3.50. The lowest BCUT2D eigenvalue weighted by Crippen LogP contribution is -2.42. The minimum absolute atomic E-state index is 0.0230. The van der Waals surface area contributed by atoms with Crippen LogP contribution in [0.15, 0.2) is 33.1 Å². The number of thiophene rings is 1. The van der Waals surface area contributed by atoms with Crippen LogP contribution in [0.5, 0.6) is 0 Å². The van der Waals surface area contributed by atoms with Gasteiger partial charge in [0.25, 0.3) is 15.9 Å². The number of hydrogen-bond acceptors (Lipinski definition) is 6. The van der Waals surface area contributed by atoms with Gasteiger partial charge >= 0.3 is 0 Å². The molecule has 27 heavy (non-hydrogen) atoms. The Balaban J connectivity index is 1.56. The number of hydrazine groups is 1. The first-order chi connectivity index (χ1) is 12.9. The lowest BCUT2D eigenvalue weighted by atomic mass is 10.2. The lowest BCUT2D eigenvalue weighted by Gasteiger charge is -2.25. The summed E-state index contributed by atoms with van der Waals surface area (Å²) in [4.78, 5) is 24.6. The van der Waals surface area contributed by atoms with Crippen molar-refractivity contribution in [3.8, 4) is 0 Å². The Morgan fingerprint density at radius 2 is 1.89 bits per heavy atom. The van der Waals surface area contributed by atoms with Crippen molar-refractivity contribution in [1.82, 2.24) is 15.2 Å². The van der Waals surface area contributed by atoms with E-state index in [1.54, 1.807) is 13.0 Å². The van der Waals surface area contributed by atoms with Gasteiger partial charge in [0.05, 0.1) is 18.2 Å². The van der Waals surface area contributed by atoms with Gasteiger partial charge in [-0.1, -0.05) is 6.42 Å². The summed E-state index contributed by atoms with van der Waals surface area (Å²) in [5.74, 6) is -0.463. The highest BCUT2D eigenvalue weighted by Crippen LogP contribution is 2.27. The van der Waals surface area contributed by atoms with E-state index in [0.29, 0.717) is 29.3 Å². The number of sulfonamides is 1. The third-order valence-electron chi connectivity index (χ3n) is 4.30. The predicted molar refractivity (Wildman–Crippen MR) is 99.7 cm³/mol. The van der Waals surface area contributed by atoms with Gasteiger partial charge in [0.2, 0.25) is 5.91 Å². The van der Waals surface area contributed by atoms with Crippen LogP contribution in [0.3, 0.4) is 0 Å². The summed E-state index contributed by atoms with van der Waals surface area (Å²) in [5.41, 5.74) is 4.97. The molecule has 0 unspecified atom stereocenters. The Bertz CT molecular complexity index is 926. The van der Waals surface area contributed by atoms with Crippen LogP contribution >= 0.6 is 11.3 Å². The van der Waals surface area contributed by atoms with E-state index in [1.807, 2.05) is 0 Å². The molecule has 1 fully saturated rings. The summed E-state index contributed by atoms with van der Waals surface area (Å²) < 4.78 is 32.0. The first-order valence-corrected chi connectivity index (χ1v) is 10.9. The topological polar surface area (TPSA) is 109 Å². The van der Waals surface area contributed by atoms with Crippen molar-refractivity contribution in [2.45, 2.75) is 36.8 Å². The monoisotopic (exact) mass is 411 g/mol. The average molecular weight is 412 g/mol. The maximum absolute atomic E-state index is 12.6. The Kier molecular flexibility index (Phi) is 5.98. The van der Waals surface area contributed by atoms with Crippen LogP contribution in [0, 0.1) is 6.92 Å². The molecular formula is C17H21N3O5S2. The third-order valence-corrected chi connectivity index (χ3v) is 7.75. The van der Waals surface area contributed by atoms with Gasteiger partial charge in [0, 0.05) is 18.0 Å². The van der Waals surface area contributed by atoms with Crippen molar-refractivity contribution in [3.63, 3.8) is 0 Å². The van der Waals surface area contributed by atoms with Gasteiger partial charge in [-0.3, -0.25) is 20.4 Å². The van der Waals surface area contributed by atoms with Gasteiger partial charge in [0.1, 0.15) is 9.97 Å². The molecule has 146 valence electrons. The van der Waals surface area contributed by atoms with Crippen LogP contribution in [0.4, 0.5) is 0 Å². The normalized spacial score (nSPS) is 15.4. The van der Waals surface area contributed by atoms with Crippen molar-refractivity contribution >= 4 is 33.2 Å². The molecule has 2 amide bonds. The SMILES string of the molecule is Cc1occc1C(=O)NNC(=O)Cc1ccc(S(=O)(=O)N2CCCCC2)s1. The molecule has 3 rings (SSSR count). The largest absolute Gasteiger partial charge is 0.469 e. The number of carbonyl (C=O) groups excluding carboxylic acids is 2. The second-order valence-electron chi connectivity index (χ2n) is 6.26. The molecule has 0 atom stereocenters. The molecule has 10 heteroatoms. The fourth-order valence-corrected chi connectivity index (χ4v) is 5.87. The zero-order chi connectivity index (χ0) is 19.4. The molecule has 2 N–H and O–H groups in total. The molecule has 1 saturated heterocycles. The summed E-state index contributed by atoms with van der Waals surface area (Å²) >= 11 is 1.08. The van der Waals surface area contributed by atoms with Gasteiger partial charge in [0.15, 0.2) is 0 Å². The van der Waals surface area contributed by atoms with E-state index in [9.17, 15) is 18.0 Å². The Morgan fingerprint density at radius 1 is 1.15 bits per heavy atom. The second kappa shape index (κ2) is 8.24. The van der Waals surface area contributed by atoms with E-state index >= 15 is 0 Å². The Morgan fingerprint density at radius 3 is 2.56 bits per heavy atom.